The van der Waals surface area contributed by atoms with E-state index < -0.39 is 11.2 Å². The lowest BCUT2D eigenvalue weighted by Crippen LogP contribution is -2.40. The van der Waals surface area contributed by atoms with Crippen molar-refractivity contribution < 1.29 is 4.79 Å². The summed E-state index contributed by atoms with van der Waals surface area (Å²) in [5.74, 6) is -0.0873. The normalized spacial score (nSPS) is 15.7. The molecule has 1 amide bonds. The molecule has 1 aromatic heterocycles. The van der Waals surface area contributed by atoms with E-state index in [9.17, 15) is 14.4 Å². The first-order valence-corrected chi connectivity index (χ1v) is 6.64. The lowest BCUT2D eigenvalue weighted by molar-refractivity contribution is -0.132. The second-order valence-corrected chi connectivity index (χ2v) is 5.16. The van der Waals surface area contributed by atoms with Crippen molar-refractivity contribution >= 4 is 21.8 Å². The minimum Gasteiger partial charge on any atom is -0.341 e. The van der Waals surface area contributed by atoms with E-state index in [2.05, 4.69) is 20.9 Å². The monoisotopic (exact) mass is 315 g/mol. The number of nitrogens with zero attached hydrogens (tertiary/aromatic N) is 2. The van der Waals surface area contributed by atoms with Gasteiger partial charge in [0.2, 0.25) is 5.91 Å². The molecule has 0 bridgehead atoms. The second kappa shape index (κ2) is 5.51. The molecule has 1 aliphatic rings. The zero-order chi connectivity index (χ0) is 13.1. The van der Waals surface area contributed by atoms with E-state index in [1.54, 1.807) is 4.90 Å². The van der Waals surface area contributed by atoms with Crippen molar-refractivity contribution in [2.75, 3.05) is 13.1 Å². The summed E-state index contributed by atoms with van der Waals surface area (Å²) in [4.78, 5) is 38.6. The zero-order valence-corrected chi connectivity index (χ0v) is 11.4. The van der Waals surface area contributed by atoms with Crippen LogP contribution in [-0.2, 0) is 11.3 Å². The van der Waals surface area contributed by atoms with Crippen LogP contribution in [0.25, 0.3) is 0 Å². The SMILES string of the molecule is O=C(Cn1cc(Br)c(=O)[nH]c1=O)N1CCCCC1. The van der Waals surface area contributed by atoms with Crippen molar-refractivity contribution in [1.82, 2.24) is 14.5 Å². The third kappa shape index (κ3) is 2.90. The highest BCUT2D eigenvalue weighted by molar-refractivity contribution is 9.10. The van der Waals surface area contributed by atoms with Crippen LogP contribution in [0.1, 0.15) is 19.3 Å². The standard InChI is InChI=1S/C11H14BrN3O3/c12-8-6-15(11(18)13-10(8)17)7-9(16)14-4-2-1-3-5-14/h6H,1-5,7H2,(H,13,17,18). The quantitative estimate of drug-likeness (QED) is 0.853. The minimum atomic E-state index is -0.562. The summed E-state index contributed by atoms with van der Waals surface area (Å²) >= 11 is 3.04. The molecule has 1 aromatic rings. The van der Waals surface area contributed by atoms with Gasteiger partial charge in [-0.15, -0.1) is 0 Å². The predicted octanol–water partition coefficient (Wildman–Crippen LogP) is 0.312. The van der Waals surface area contributed by atoms with Gasteiger partial charge in [-0.25, -0.2) is 4.79 Å². The van der Waals surface area contributed by atoms with Gasteiger partial charge in [-0.2, -0.15) is 0 Å². The molecule has 0 spiro atoms. The van der Waals surface area contributed by atoms with E-state index in [0.29, 0.717) is 0 Å². The number of nitrogens with one attached hydrogen (secondary N) is 1. The number of H-pyrrole nitrogens is 1. The third-order valence-electron chi connectivity index (χ3n) is 2.98. The molecule has 0 aromatic carbocycles. The van der Waals surface area contributed by atoms with E-state index in [4.69, 9.17) is 0 Å². The summed E-state index contributed by atoms with van der Waals surface area (Å²) in [6, 6.07) is 0. The zero-order valence-electron chi connectivity index (χ0n) is 9.82. The fraction of sp³-hybridized carbons (Fsp3) is 0.545. The van der Waals surface area contributed by atoms with Crippen LogP contribution in [0, 0.1) is 0 Å². The highest BCUT2D eigenvalue weighted by Crippen LogP contribution is 2.09. The summed E-state index contributed by atoms with van der Waals surface area (Å²) in [6.07, 6.45) is 4.52. The predicted molar refractivity (Wildman–Crippen MR) is 69.5 cm³/mol. The smallest absolute Gasteiger partial charge is 0.328 e. The Balaban J connectivity index is 2.13. The van der Waals surface area contributed by atoms with Crippen LogP contribution in [-0.4, -0.2) is 33.4 Å². The molecule has 1 saturated heterocycles. The van der Waals surface area contributed by atoms with E-state index in [0.717, 1.165) is 32.4 Å². The number of amides is 1. The van der Waals surface area contributed by atoms with E-state index >= 15 is 0 Å². The molecule has 2 heterocycles. The lowest BCUT2D eigenvalue weighted by atomic mass is 10.1. The van der Waals surface area contributed by atoms with Crippen LogP contribution in [0.4, 0.5) is 0 Å². The average Bonchev–Trinajstić information content (AvgIpc) is 2.37. The first kappa shape index (κ1) is 13.1. The number of carbonyl (C=O) groups is 1. The first-order chi connectivity index (χ1) is 8.58. The summed E-state index contributed by atoms with van der Waals surface area (Å²) in [6.45, 7) is 1.46. The highest BCUT2D eigenvalue weighted by atomic mass is 79.9. The molecule has 1 fully saturated rings. The minimum absolute atomic E-state index is 0.0335. The second-order valence-electron chi connectivity index (χ2n) is 4.31. The Kier molecular flexibility index (Phi) is 4.00. The van der Waals surface area contributed by atoms with Crippen molar-refractivity contribution in [2.24, 2.45) is 0 Å². The van der Waals surface area contributed by atoms with E-state index in [1.165, 1.54) is 10.8 Å². The van der Waals surface area contributed by atoms with E-state index in [1.807, 2.05) is 0 Å². The Morgan fingerprint density at radius 2 is 1.94 bits per heavy atom. The van der Waals surface area contributed by atoms with Gasteiger partial charge in [-0.05, 0) is 35.2 Å². The van der Waals surface area contributed by atoms with Crippen LogP contribution in [0.5, 0.6) is 0 Å². The van der Waals surface area contributed by atoms with Gasteiger partial charge in [0.15, 0.2) is 0 Å². The van der Waals surface area contributed by atoms with E-state index in [-0.39, 0.29) is 16.9 Å². The first-order valence-electron chi connectivity index (χ1n) is 5.85. The molecule has 18 heavy (non-hydrogen) atoms. The summed E-state index contributed by atoms with van der Waals surface area (Å²) in [5, 5.41) is 0. The largest absolute Gasteiger partial charge is 0.341 e. The molecule has 7 heteroatoms. The van der Waals surface area contributed by atoms with Gasteiger partial charge in [-0.3, -0.25) is 19.1 Å². The Morgan fingerprint density at radius 3 is 2.61 bits per heavy atom. The number of hydrogen-bond acceptors (Lipinski definition) is 3. The van der Waals surface area contributed by atoms with Crippen molar-refractivity contribution in [1.29, 1.82) is 0 Å². The Bertz CT molecular complexity index is 557. The molecule has 1 aliphatic heterocycles. The van der Waals surface area contributed by atoms with Crippen LogP contribution < -0.4 is 11.2 Å². The Morgan fingerprint density at radius 1 is 1.28 bits per heavy atom. The molecule has 0 aliphatic carbocycles. The Hall–Kier alpha value is -1.37. The maximum atomic E-state index is 12.0. The van der Waals surface area contributed by atoms with Gasteiger partial charge in [0.25, 0.3) is 5.56 Å². The van der Waals surface area contributed by atoms with Crippen molar-refractivity contribution in [3.8, 4) is 0 Å². The van der Waals surface area contributed by atoms with Gasteiger partial charge < -0.3 is 4.90 Å². The van der Waals surface area contributed by atoms with Gasteiger partial charge in [0.05, 0.1) is 4.47 Å². The van der Waals surface area contributed by atoms with Crippen LogP contribution in [0.3, 0.4) is 0 Å². The maximum absolute atomic E-state index is 12.0. The molecule has 0 radical (unpaired) electrons. The molecule has 6 nitrogen and oxygen atoms in total. The van der Waals surface area contributed by atoms with Crippen molar-refractivity contribution in [3.05, 3.63) is 31.5 Å². The summed E-state index contributed by atoms with van der Waals surface area (Å²) < 4.78 is 1.45. The average molecular weight is 316 g/mol. The molecule has 1 N–H and O–H groups in total. The number of rotatable bonds is 2. The molecule has 0 saturated carbocycles. The number of hydrogen-bond donors (Lipinski definition) is 1. The number of likely N-dealkylation sites (tertiary alicyclic amines) is 1. The molecular weight excluding hydrogens is 302 g/mol. The van der Waals surface area contributed by atoms with Crippen LogP contribution in [0.15, 0.2) is 20.3 Å². The fourth-order valence-electron chi connectivity index (χ4n) is 1.99. The fourth-order valence-corrected chi connectivity index (χ4v) is 2.34. The highest BCUT2D eigenvalue weighted by Gasteiger charge is 2.17. The molecule has 2 rings (SSSR count). The molecular formula is C11H14BrN3O3. The molecule has 0 unspecified atom stereocenters. The molecule has 98 valence electrons. The number of aromatic nitrogens is 2. The summed E-state index contributed by atoms with van der Waals surface area (Å²) in [5.41, 5.74) is -1.05. The molecule has 0 atom stereocenters. The number of halogens is 1. The maximum Gasteiger partial charge on any atom is 0.328 e. The van der Waals surface area contributed by atoms with Crippen LogP contribution in [0.2, 0.25) is 0 Å². The number of aromatic amines is 1. The Labute approximate surface area is 112 Å². The van der Waals surface area contributed by atoms with Gasteiger partial charge in [-0.1, -0.05) is 0 Å². The number of carbonyl (C=O) groups excluding carboxylic acids is 1. The van der Waals surface area contributed by atoms with Gasteiger partial charge in [0, 0.05) is 19.3 Å². The van der Waals surface area contributed by atoms with Gasteiger partial charge in [0.1, 0.15) is 6.54 Å². The number of piperidine rings is 1. The van der Waals surface area contributed by atoms with Crippen LogP contribution >= 0.6 is 15.9 Å². The lowest BCUT2D eigenvalue weighted by Gasteiger charge is -2.26. The van der Waals surface area contributed by atoms with Gasteiger partial charge >= 0.3 is 5.69 Å². The van der Waals surface area contributed by atoms with Crippen molar-refractivity contribution in [3.63, 3.8) is 0 Å². The van der Waals surface area contributed by atoms with Crippen molar-refractivity contribution in [2.45, 2.75) is 25.8 Å². The topological polar surface area (TPSA) is 75.2 Å². The summed E-state index contributed by atoms with van der Waals surface area (Å²) in [7, 11) is 0. The third-order valence-corrected chi connectivity index (χ3v) is 3.55.